The quantitative estimate of drug-likeness (QED) is 0.742. The first-order chi connectivity index (χ1) is 13.1. The van der Waals surface area contributed by atoms with Crippen molar-refractivity contribution >= 4 is 11.9 Å². The molecule has 7 heteroatoms. The highest BCUT2D eigenvalue weighted by atomic mass is 16.5. The first-order valence-corrected chi connectivity index (χ1v) is 9.26. The Morgan fingerprint density at radius 1 is 1.33 bits per heavy atom. The van der Waals surface area contributed by atoms with E-state index in [1.165, 1.54) is 0 Å². The molecule has 1 fully saturated rings. The monoisotopic (exact) mass is 370 g/mol. The fourth-order valence-electron chi connectivity index (χ4n) is 3.01. The molecule has 1 atom stereocenters. The average Bonchev–Trinajstić information content (AvgIpc) is 3.19. The van der Waals surface area contributed by atoms with Crippen LogP contribution in [0.15, 0.2) is 30.3 Å². The Labute approximate surface area is 159 Å². The fourth-order valence-corrected chi connectivity index (χ4v) is 3.01. The molecular formula is C20H26N4O3. The van der Waals surface area contributed by atoms with Gasteiger partial charge in [-0.25, -0.2) is 9.97 Å². The van der Waals surface area contributed by atoms with Gasteiger partial charge in [0.15, 0.2) is 0 Å². The third-order valence-electron chi connectivity index (χ3n) is 4.43. The SMILES string of the molecule is COc1cccc(CCNc2nc(C)cc(C(=O)NCC3CCCO3)n2)c1. The summed E-state index contributed by atoms with van der Waals surface area (Å²) in [5, 5.41) is 6.09. The second-order valence-corrected chi connectivity index (χ2v) is 6.59. The molecule has 2 heterocycles. The van der Waals surface area contributed by atoms with Crippen LogP contribution in [-0.2, 0) is 11.2 Å². The number of anilines is 1. The molecule has 0 bridgehead atoms. The summed E-state index contributed by atoms with van der Waals surface area (Å²) in [4.78, 5) is 21.1. The summed E-state index contributed by atoms with van der Waals surface area (Å²) in [6.07, 6.45) is 2.95. The van der Waals surface area contributed by atoms with Gasteiger partial charge in [-0.15, -0.1) is 0 Å². The molecule has 1 aliphatic heterocycles. The number of hydrogen-bond acceptors (Lipinski definition) is 6. The van der Waals surface area contributed by atoms with Crippen molar-refractivity contribution in [2.24, 2.45) is 0 Å². The minimum absolute atomic E-state index is 0.109. The lowest BCUT2D eigenvalue weighted by Crippen LogP contribution is -2.32. The summed E-state index contributed by atoms with van der Waals surface area (Å²) in [5.74, 6) is 1.09. The molecule has 1 amide bonds. The minimum Gasteiger partial charge on any atom is -0.497 e. The Morgan fingerprint density at radius 2 is 2.22 bits per heavy atom. The normalized spacial score (nSPS) is 16.1. The van der Waals surface area contributed by atoms with E-state index in [9.17, 15) is 4.79 Å². The lowest BCUT2D eigenvalue weighted by atomic mass is 10.1. The fraction of sp³-hybridized carbons (Fsp3) is 0.450. The Hall–Kier alpha value is -2.67. The van der Waals surface area contributed by atoms with Crippen LogP contribution in [0.25, 0.3) is 0 Å². The summed E-state index contributed by atoms with van der Waals surface area (Å²) in [6, 6.07) is 9.63. The number of ether oxygens (including phenoxy) is 2. The standard InChI is InChI=1S/C20H26N4O3/c1-14-11-18(19(25)22-13-17-7-4-10-27-17)24-20(23-14)21-9-8-15-5-3-6-16(12-15)26-2/h3,5-6,11-12,17H,4,7-10,13H2,1-2H3,(H,22,25)(H,21,23,24). The van der Waals surface area contributed by atoms with Crippen molar-refractivity contribution in [2.75, 3.05) is 32.1 Å². The number of methoxy groups -OCH3 is 1. The zero-order valence-electron chi connectivity index (χ0n) is 15.8. The van der Waals surface area contributed by atoms with Gasteiger partial charge in [-0.1, -0.05) is 12.1 Å². The van der Waals surface area contributed by atoms with Gasteiger partial charge in [0, 0.05) is 25.4 Å². The van der Waals surface area contributed by atoms with Gasteiger partial charge in [0.25, 0.3) is 5.91 Å². The second-order valence-electron chi connectivity index (χ2n) is 6.59. The van der Waals surface area contributed by atoms with Crippen molar-refractivity contribution < 1.29 is 14.3 Å². The highest BCUT2D eigenvalue weighted by Gasteiger charge is 2.17. The van der Waals surface area contributed by atoms with Crippen LogP contribution in [0.2, 0.25) is 0 Å². The van der Waals surface area contributed by atoms with Gasteiger partial charge < -0.3 is 20.1 Å². The summed E-state index contributed by atoms with van der Waals surface area (Å²) >= 11 is 0. The third kappa shape index (κ3) is 5.65. The second kappa shape index (κ2) is 9.32. The molecule has 7 nitrogen and oxygen atoms in total. The van der Waals surface area contributed by atoms with E-state index < -0.39 is 0 Å². The van der Waals surface area contributed by atoms with Gasteiger partial charge >= 0.3 is 0 Å². The number of benzene rings is 1. The molecule has 0 aliphatic carbocycles. The van der Waals surface area contributed by atoms with Crippen LogP contribution in [-0.4, -0.2) is 48.8 Å². The Bertz CT molecular complexity index is 776. The zero-order valence-corrected chi connectivity index (χ0v) is 15.8. The van der Waals surface area contributed by atoms with Crippen molar-refractivity contribution in [1.82, 2.24) is 15.3 Å². The first kappa shape index (κ1) is 19.1. The number of rotatable bonds is 8. The number of amides is 1. The number of hydrogen-bond donors (Lipinski definition) is 2. The molecule has 2 N–H and O–H groups in total. The van der Waals surface area contributed by atoms with Gasteiger partial charge in [-0.3, -0.25) is 4.79 Å². The number of aromatic nitrogens is 2. The smallest absolute Gasteiger partial charge is 0.270 e. The Balaban J connectivity index is 1.54. The van der Waals surface area contributed by atoms with Crippen molar-refractivity contribution in [3.63, 3.8) is 0 Å². The molecule has 0 saturated carbocycles. The van der Waals surface area contributed by atoms with Crippen LogP contribution >= 0.6 is 0 Å². The summed E-state index contributed by atoms with van der Waals surface area (Å²) in [5.41, 5.74) is 2.27. The van der Waals surface area contributed by atoms with E-state index >= 15 is 0 Å². The van der Waals surface area contributed by atoms with Gasteiger partial charge in [-0.05, 0) is 49.9 Å². The number of nitrogens with zero attached hydrogens (tertiary/aromatic N) is 2. The molecule has 1 saturated heterocycles. The molecule has 0 radical (unpaired) electrons. The molecule has 27 heavy (non-hydrogen) atoms. The van der Waals surface area contributed by atoms with E-state index in [1.54, 1.807) is 13.2 Å². The molecule has 1 aromatic carbocycles. The molecule has 0 spiro atoms. The molecular weight excluding hydrogens is 344 g/mol. The molecule has 1 aliphatic rings. The van der Waals surface area contributed by atoms with Crippen LogP contribution in [0.3, 0.4) is 0 Å². The van der Waals surface area contributed by atoms with Crippen LogP contribution in [0.4, 0.5) is 5.95 Å². The number of carbonyl (C=O) groups excluding carboxylic acids is 1. The molecule has 2 aromatic rings. The maximum absolute atomic E-state index is 12.4. The Morgan fingerprint density at radius 3 is 3.00 bits per heavy atom. The van der Waals surface area contributed by atoms with Crippen LogP contribution in [0.5, 0.6) is 5.75 Å². The molecule has 1 unspecified atom stereocenters. The van der Waals surface area contributed by atoms with Gasteiger partial charge in [0.05, 0.1) is 13.2 Å². The van der Waals surface area contributed by atoms with Crippen molar-refractivity contribution in [2.45, 2.75) is 32.3 Å². The van der Waals surface area contributed by atoms with Crippen molar-refractivity contribution in [1.29, 1.82) is 0 Å². The van der Waals surface area contributed by atoms with Crippen LogP contribution in [0.1, 0.15) is 34.6 Å². The van der Waals surface area contributed by atoms with Gasteiger partial charge in [-0.2, -0.15) is 0 Å². The number of aryl methyl sites for hydroxylation is 1. The number of carbonyl (C=O) groups is 1. The van der Waals surface area contributed by atoms with Gasteiger partial charge in [0.1, 0.15) is 11.4 Å². The maximum Gasteiger partial charge on any atom is 0.270 e. The topological polar surface area (TPSA) is 85.4 Å². The zero-order chi connectivity index (χ0) is 19.1. The summed E-state index contributed by atoms with van der Waals surface area (Å²) in [6.45, 7) is 3.80. The molecule has 1 aromatic heterocycles. The third-order valence-corrected chi connectivity index (χ3v) is 4.43. The number of nitrogens with one attached hydrogen (secondary N) is 2. The minimum atomic E-state index is -0.202. The lowest BCUT2D eigenvalue weighted by molar-refractivity contribution is 0.0853. The van der Waals surface area contributed by atoms with E-state index in [-0.39, 0.29) is 12.0 Å². The first-order valence-electron chi connectivity index (χ1n) is 9.26. The predicted octanol–water partition coefficient (Wildman–Crippen LogP) is 2.36. The van der Waals surface area contributed by atoms with E-state index in [4.69, 9.17) is 9.47 Å². The van der Waals surface area contributed by atoms with E-state index in [0.717, 1.165) is 42.9 Å². The summed E-state index contributed by atoms with van der Waals surface area (Å²) < 4.78 is 10.8. The largest absolute Gasteiger partial charge is 0.497 e. The molecule has 3 rings (SSSR count). The van der Waals surface area contributed by atoms with E-state index in [1.807, 2.05) is 31.2 Å². The Kier molecular flexibility index (Phi) is 6.59. The van der Waals surface area contributed by atoms with Crippen LogP contribution in [0, 0.1) is 6.92 Å². The highest BCUT2D eigenvalue weighted by molar-refractivity contribution is 5.92. The summed E-state index contributed by atoms with van der Waals surface area (Å²) in [7, 11) is 1.66. The van der Waals surface area contributed by atoms with E-state index in [0.29, 0.717) is 24.7 Å². The predicted molar refractivity (Wildman–Crippen MR) is 103 cm³/mol. The van der Waals surface area contributed by atoms with Gasteiger partial charge in [0.2, 0.25) is 5.95 Å². The average molecular weight is 370 g/mol. The lowest BCUT2D eigenvalue weighted by Gasteiger charge is -2.12. The molecule has 144 valence electrons. The van der Waals surface area contributed by atoms with E-state index in [2.05, 4.69) is 20.6 Å². The van der Waals surface area contributed by atoms with Crippen LogP contribution < -0.4 is 15.4 Å². The van der Waals surface area contributed by atoms with Crippen molar-refractivity contribution in [3.05, 3.63) is 47.3 Å². The van der Waals surface area contributed by atoms with Crippen molar-refractivity contribution in [3.8, 4) is 5.75 Å². The maximum atomic E-state index is 12.4. The highest BCUT2D eigenvalue weighted by Crippen LogP contribution is 2.14.